The van der Waals surface area contributed by atoms with E-state index in [0.717, 1.165) is 6.92 Å². The molecule has 20 heavy (non-hydrogen) atoms. The lowest BCUT2D eigenvalue weighted by Gasteiger charge is -2.29. The van der Waals surface area contributed by atoms with Crippen LogP contribution >= 0.6 is 0 Å². The van der Waals surface area contributed by atoms with Crippen molar-refractivity contribution in [1.29, 1.82) is 0 Å². The number of aromatic amines is 1. The molecule has 0 aromatic carbocycles. The summed E-state index contributed by atoms with van der Waals surface area (Å²) in [6.07, 6.45) is -13.9. The summed E-state index contributed by atoms with van der Waals surface area (Å²) in [6, 6.07) is 0. The van der Waals surface area contributed by atoms with E-state index in [0.29, 0.717) is 0 Å². The number of nitrogen functional groups attached to an aromatic ring is 1. The maximum atomic E-state index is 13.8. The van der Waals surface area contributed by atoms with Crippen molar-refractivity contribution in [3.63, 3.8) is 0 Å². The van der Waals surface area contributed by atoms with Gasteiger partial charge in [-0.25, -0.2) is 4.39 Å². The quantitative estimate of drug-likeness (QED) is 0.588. The van der Waals surface area contributed by atoms with Crippen LogP contribution in [-0.2, 0) is 5.67 Å². The Hall–Kier alpha value is -1.72. The Bertz CT molecular complexity index is 464. The molecule has 0 saturated carbocycles. The Kier molecular flexibility index (Phi) is 3.82. The fourth-order valence-corrected chi connectivity index (χ4v) is 1.33. The second-order valence-corrected chi connectivity index (χ2v) is 3.79. The minimum atomic E-state index is -6.31. The van der Waals surface area contributed by atoms with E-state index in [1.165, 1.54) is 5.10 Å². The Morgan fingerprint density at radius 2 is 1.55 bits per heavy atom. The number of nitrogens with one attached hydrogen (secondary N) is 1. The van der Waals surface area contributed by atoms with Gasteiger partial charge in [0.25, 0.3) is 0 Å². The maximum Gasteiger partial charge on any atom is 0.437 e. The zero-order valence-corrected chi connectivity index (χ0v) is 9.73. The SMILES string of the molecule is CC(N)Oc1c(N)n[nH]c1C(F)(C(F)(F)F)C(F)(F)F. The van der Waals surface area contributed by atoms with Gasteiger partial charge in [-0.3, -0.25) is 10.8 Å². The first kappa shape index (κ1) is 16.3. The van der Waals surface area contributed by atoms with Crippen molar-refractivity contribution in [2.45, 2.75) is 31.2 Å². The van der Waals surface area contributed by atoms with Gasteiger partial charge in [0.2, 0.25) is 0 Å². The van der Waals surface area contributed by atoms with Gasteiger partial charge in [0.15, 0.2) is 11.6 Å². The Morgan fingerprint density at radius 3 is 1.90 bits per heavy atom. The zero-order valence-electron chi connectivity index (χ0n) is 9.73. The second-order valence-electron chi connectivity index (χ2n) is 3.79. The third-order valence-electron chi connectivity index (χ3n) is 2.18. The third-order valence-corrected chi connectivity index (χ3v) is 2.18. The summed E-state index contributed by atoms with van der Waals surface area (Å²) >= 11 is 0. The number of nitrogens with two attached hydrogens (primary N) is 2. The molecule has 0 aliphatic rings. The van der Waals surface area contributed by atoms with Crippen molar-refractivity contribution in [1.82, 2.24) is 10.2 Å². The normalized spacial score (nSPS) is 15.2. The van der Waals surface area contributed by atoms with Crippen LogP contribution in [0.4, 0.5) is 36.6 Å². The molecule has 0 saturated heterocycles. The van der Waals surface area contributed by atoms with Crippen molar-refractivity contribution in [3.8, 4) is 5.75 Å². The van der Waals surface area contributed by atoms with E-state index in [1.807, 2.05) is 0 Å². The standard InChI is InChI=1S/C8H9F7N4O/c1-2(16)20-3-4(18-19-5(3)17)6(9,7(10,11)12)8(13,14)15/h2H,16H2,1H3,(H3,17,18,19). The van der Waals surface area contributed by atoms with Crippen molar-refractivity contribution in [2.75, 3.05) is 5.73 Å². The number of hydrogen-bond donors (Lipinski definition) is 3. The molecule has 0 amide bonds. The molecule has 1 rings (SSSR count). The Balaban J connectivity index is 3.53. The summed E-state index contributed by atoms with van der Waals surface area (Å²) in [4.78, 5) is 0. The number of rotatable bonds is 3. The van der Waals surface area contributed by atoms with Gasteiger partial charge in [-0.2, -0.15) is 31.4 Å². The lowest BCUT2D eigenvalue weighted by molar-refractivity contribution is -0.350. The van der Waals surface area contributed by atoms with Gasteiger partial charge in [0, 0.05) is 0 Å². The molecule has 0 aliphatic heterocycles. The number of halogens is 7. The fourth-order valence-electron chi connectivity index (χ4n) is 1.33. The lowest BCUT2D eigenvalue weighted by Crippen LogP contribution is -2.51. The highest BCUT2D eigenvalue weighted by Gasteiger charge is 2.75. The van der Waals surface area contributed by atoms with E-state index in [9.17, 15) is 30.7 Å². The molecule has 0 aliphatic carbocycles. The average Bonchev–Trinajstić information content (AvgIpc) is 2.55. The molecule has 116 valence electrons. The highest BCUT2D eigenvalue weighted by atomic mass is 19.4. The van der Waals surface area contributed by atoms with Crippen LogP contribution < -0.4 is 16.2 Å². The van der Waals surface area contributed by atoms with Crippen molar-refractivity contribution >= 4 is 5.82 Å². The molecule has 0 spiro atoms. The molecule has 0 fully saturated rings. The van der Waals surface area contributed by atoms with Crippen LogP contribution in [0.1, 0.15) is 12.6 Å². The first-order chi connectivity index (χ1) is 8.82. The van der Waals surface area contributed by atoms with Crippen molar-refractivity contribution in [2.24, 2.45) is 5.73 Å². The van der Waals surface area contributed by atoms with E-state index in [4.69, 9.17) is 11.5 Å². The molecule has 1 aromatic rings. The van der Waals surface area contributed by atoms with Gasteiger partial charge >= 0.3 is 18.0 Å². The molecule has 1 heterocycles. The summed E-state index contributed by atoms with van der Waals surface area (Å²) < 4.78 is 93.5. The minimum Gasteiger partial charge on any atom is -0.470 e. The summed E-state index contributed by atoms with van der Waals surface area (Å²) in [7, 11) is 0. The topological polar surface area (TPSA) is 89.9 Å². The molecule has 5 N–H and O–H groups in total. The van der Waals surface area contributed by atoms with Gasteiger partial charge in [0.1, 0.15) is 11.9 Å². The van der Waals surface area contributed by atoms with Gasteiger partial charge in [-0.1, -0.05) is 0 Å². The largest absolute Gasteiger partial charge is 0.470 e. The van der Waals surface area contributed by atoms with Crippen LogP contribution in [0.2, 0.25) is 0 Å². The highest BCUT2D eigenvalue weighted by Crippen LogP contribution is 2.55. The predicted molar refractivity (Wildman–Crippen MR) is 52.2 cm³/mol. The second kappa shape index (κ2) is 4.68. The molecular formula is C8H9F7N4O. The van der Waals surface area contributed by atoms with Crippen molar-refractivity contribution in [3.05, 3.63) is 5.69 Å². The zero-order chi connectivity index (χ0) is 15.9. The Labute approximate surface area is 107 Å². The predicted octanol–water partition coefficient (Wildman–Crippen LogP) is 1.96. The van der Waals surface area contributed by atoms with Crippen LogP contribution in [0.15, 0.2) is 0 Å². The molecular weight excluding hydrogens is 301 g/mol. The van der Waals surface area contributed by atoms with Crippen LogP contribution in [0.25, 0.3) is 0 Å². The third kappa shape index (κ3) is 2.46. The summed E-state index contributed by atoms with van der Waals surface area (Å²) in [5.41, 5.74) is 2.41. The number of alkyl halides is 7. The molecule has 1 aromatic heterocycles. The van der Waals surface area contributed by atoms with Crippen LogP contribution in [0.5, 0.6) is 5.75 Å². The van der Waals surface area contributed by atoms with E-state index < -0.39 is 41.5 Å². The van der Waals surface area contributed by atoms with E-state index >= 15 is 0 Å². The Morgan fingerprint density at radius 1 is 1.10 bits per heavy atom. The van der Waals surface area contributed by atoms with Crippen LogP contribution in [0, 0.1) is 0 Å². The van der Waals surface area contributed by atoms with Gasteiger partial charge < -0.3 is 10.5 Å². The number of nitrogens with zero attached hydrogens (tertiary/aromatic N) is 1. The first-order valence-corrected chi connectivity index (χ1v) is 4.91. The molecule has 0 bridgehead atoms. The number of aromatic nitrogens is 2. The number of hydrogen-bond acceptors (Lipinski definition) is 4. The van der Waals surface area contributed by atoms with Gasteiger partial charge in [0.05, 0.1) is 0 Å². The first-order valence-electron chi connectivity index (χ1n) is 4.91. The van der Waals surface area contributed by atoms with E-state index in [-0.39, 0.29) is 0 Å². The molecule has 1 atom stereocenters. The summed E-state index contributed by atoms with van der Waals surface area (Å²) in [5, 5.41) is 4.16. The summed E-state index contributed by atoms with van der Waals surface area (Å²) in [6.45, 7) is 1.09. The van der Waals surface area contributed by atoms with E-state index in [1.54, 1.807) is 0 Å². The average molecular weight is 310 g/mol. The molecule has 12 heteroatoms. The van der Waals surface area contributed by atoms with Crippen molar-refractivity contribution < 1.29 is 35.5 Å². The number of H-pyrrole nitrogens is 1. The molecule has 1 unspecified atom stereocenters. The number of anilines is 1. The maximum absolute atomic E-state index is 13.8. The van der Waals surface area contributed by atoms with E-state index in [2.05, 4.69) is 9.84 Å². The summed E-state index contributed by atoms with van der Waals surface area (Å²) in [5.74, 6) is -2.12. The smallest absolute Gasteiger partial charge is 0.437 e. The van der Waals surface area contributed by atoms with Crippen LogP contribution in [-0.4, -0.2) is 28.8 Å². The molecule has 5 nitrogen and oxygen atoms in total. The number of ether oxygens (including phenoxy) is 1. The van der Waals surface area contributed by atoms with Gasteiger partial charge in [-0.05, 0) is 6.92 Å². The van der Waals surface area contributed by atoms with Crippen LogP contribution in [0.3, 0.4) is 0 Å². The highest BCUT2D eigenvalue weighted by molar-refractivity contribution is 5.52. The fraction of sp³-hybridized carbons (Fsp3) is 0.625. The monoisotopic (exact) mass is 310 g/mol. The minimum absolute atomic E-state index is 0.882. The lowest BCUT2D eigenvalue weighted by atomic mass is 9.99. The molecule has 0 radical (unpaired) electrons. The van der Waals surface area contributed by atoms with Gasteiger partial charge in [-0.15, -0.1) is 0 Å².